The molecule has 1 aromatic heterocycles. The number of benzene rings is 2. The van der Waals surface area contributed by atoms with E-state index in [-0.39, 0.29) is 34.7 Å². The number of rotatable bonds is 8. The standard InChI is InChI=1S/C29H33F3N4O4S/c1-19(37)34-26-17-23(41(3,38)39)13-14-28(26)40-15-5-6-22-16-24-25(35-21-11-9-20(33-2)10-12-21)7-4-8-27(24)36(22)18-29(30,31)32/h4,7-8,13-14,16-17,20-21,33,35H,9-12,15,18H2,1-3H3,(H,34,37)/t20-,21-. The number of aromatic nitrogens is 1. The first-order valence-corrected chi connectivity index (χ1v) is 15.1. The average molecular weight is 591 g/mol. The van der Waals surface area contributed by atoms with Gasteiger partial charge in [0, 0.05) is 36.3 Å². The van der Waals surface area contributed by atoms with E-state index in [1.54, 1.807) is 18.2 Å². The number of ether oxygens (including phenoxy) is 1. The van der Waals surface area contributed by atoms with Gasteiger partial charge in [0.15, 0.2) is 9.84 Å². The number of hydrogen-bond acceptors (Lipinski definition) is 6. The molecule has 8 nitrogen and oxygen atoms in total. The highest BCUT2D eigenvalue weighted by atomic mass is 32.2. The molecule has 220 valence electrons. The van der Waals surface area contributed by atoms with E-state index in [1.165, 1.54) is 25.1 Å². The summed E-state index contributed by atoms with van der Waals surface area (Å²) in [5.74, 6) is 5.31. The second kappa shape index (κ2) is 12.4. The lowest BCUT2D eigenvalue weighted by Gasteiger charge is -2.29. The molecule has 1 saturated carbocycles. The van der Waals surface area contributed by atoms with Crippen LogP contribution in [0.1, 0.15) is 38.3 Å². The number of hydrogen-bond donors (Lipinski definition) is 3. The summed E-state index contributed by atoms with van der Waals surface area (Å²) < 4.78 is 71.3. The molecule has 12 heteroatoms. The Hall–Kier alpha value is -3.69. The lowest BCUT2D eigenvalue weighted by Crippen LogP contribution is -2.34. The number of carbonyl (C=O) groups excluding carboxylic acids is 1. The number of fused-ring (bicyclic) bond motifs is 1. The number of amides is 1. The van der Waals surface area contributed by atoms with Gasteiger partial charge in [0.2, 0.25) is 5.91 Å². The summed E-state index contributed by atoms with van der Waals surface area (Å²) in [6.45, 7) is -0.136. The Bertz CT molecular complexity index is 1580. The Morgan fingerprint density at radius 2 is 1.78 bits per heavy atom. The molecule has 0 unspecified atom stereocenters. The molecule has 0 radical (unpaired) electrons. The normalized spacial score (nSPS) is 17.5. The lowest BCUT2D eigenvalue weighted by molar-refractivity contribution is -0.140. The first-order valence-electron chi connectivity index (χ1n) is 13.2. The average Bonchev–Trinajstić information content (AvgIpc) is 3.23. The third-order valence-corrected chi connectivity index (χ3v) is 8.09. The summed E-state index contributed by atoms with van der Waals surface area (Å²) in [4.78, 5) is 11.6. The predicted molar refractivity (Wildman–Crippen MR) is 153 cm³/mol. The quantitative estimate of drug-likeness (QED) is 0.322. The molecule has 0 bridgehead atoms. The van der Waals surface area contributed by atoms with E-state index in [4.69, 9.17) is 4.74 Å². The van der Waals surface area contributed by atoms with Crippen molar-refractivity contribution in [1.82, 2.24) is 9.88 Å². The van der Waals surface area contributed by atoms with Crippen LogP contribution in [0.4, 0.5) is 24.5 Å². The molecule has 0 atom stereocenters. The van der Waals surface area contributed by atoms with E-state index in [1.807, 2.05) is 13.1 Å². The van der Waals surface area contributed by atoms with Gasteiger partial charge < -0.3 is 25.3 Å². The van der Waals surface area contributed by atoms with Gasteiger partial charge >= 0.3 is 6.18 Å². The van der Waals surface area contributed by atoms with Crippen LogP contribution in [-0.4, -0.2) is 57.1 Å². The zero-order valence-electron chi connectivity index (χ0n) is 23.1. The molecule has 1 aliphatic carbocycles. The fraction of sp³-hybridized carbons (Fsp3) is 0.414. The van der Waals surface area contributed by atoms with Crippen molar-refractivity contribution in [2.75, 3.05) is 30.5 Å². The monoisotopic (exact) mass is 590 g/mol. The van der Waals surface area contributed by atoms with E-state index >= 15 is 0 Å². The van der Waals surface area contributed by atoms with Crippen molar-refractivity contribution in [2.24, 2.45) is 0 Å². The highest BCUT2D eigenvalue weighted by Gasteiger charge is 2.30. The van der Waals surface area contributed by atoms with Crippen LogP contribution in [0, 0.1) is 11.8 Å². The van der Waals surface area contributed by atoms with Crippen molar-refractivity contribution in [3.63, 3.8) is 0 Å². The summed E-state index contributed by atoms with van der Waals surface area (Å²) in [7, 11) is -1.57. The van der Waals surface area contributed by atoms with E-state index in [2.05, 4.69) is 27.8 Å². The molecule has 1 amide bonds. The largest absolute Gasteiger partial charge is 0.479 e. The summed E-state index contributed by atoms with van der Waals surface area (Å²) in [6, 6.07) is 11.6. The Balaban J connectivity index is 1.59. The molecule has 3 aromatic rings. The van der Waals surface area contributed by atoms with Crippen LogP contribution < -0.4 is 20.7 Å². The van der Waals surface area contributed by atoms with Crippen LogP contribution in [0.2, 0.25) is 0 Å². The Morgan fingerprint density at radius 1 is 1.07 bits per heavy atom. The number of anilines is 2. The highest BCUT2D eigenvalue weighted by molar-refractivity contribution is 7.90. The Morgan fingerprint density at radius 3 is 2.41 bits per heavy atom. The Labute approximate surface area is 237 Å². The fourth-order valence-corrected chi connectivity index (χ4v) is 5.65. The van der Waals surface area contributed by atoms with E-state index in [0.717, 1.165) is 42.2 Å². The van der Waals surface area contributed by atoms with Gasteiger partial charge in [0.25, 0.3) is 0 Å². The predicted octanol–water partition coefficient (Wildman–Crippen LogP) is 4.94. The van der Waals surface area contributed by atoms with Crippen molar-refractivity contribution in [3.8, 4) is 17.6 Å². The molecule has 0 saturated heterocycles. The number of alkyl halides is 3. The molecule has 3 N–H and O–H groups in total. The molecule has 0 aliphatic heterocycles. The molecule has 1 aliphatic rings. The van der Waals surface area contributed by atoms with Crippen LogP contribution in [-0.2, 0) is 21.2 Å². The molecule has 41 heavy (non-hydrogen) atoms. The summed E-state index contributed by atoms with van der Waals surface area (Å²) >= 11 is 0. The van der Waals surface area contributed by atoms with E-state index in [9.17, 15) is 26.4 Å². The fourth-order valence-electron chi connectivity index (χ4n) is 5.00. The van der Waals surface area contributed by atoms with Crippen LogP contribution in [0.25, 0.3) is 10.9 Å². The molecule has 1 fully saturated rings. The molecule has 0 spiro atoms. The van der Waals surface area contributed by atoms with Crippen LogP contribution >= 0.6 is 0 Å². The van der Waals surface area contributed by atoms with Gasteiger partial charge in [0.05, 0.1) is 21.8 Å². The van der Waals surface area contributed by atoms with Gasteiger partial charge in [-0.2, -0.15) is 13.2 Å². The first kappa shape index (κ1) is 30.3. The maximum atomic E-state index is 13.6. The number of halogens is 3. The van der Waals surface area contributed by atoms with Crippen molar-refractivity contribution in [3.05, 3.63) is 48.2 Å². The molecule has 1 heterocycles. The Kier molecular flexibility index (Phi) is 9.19. The number of carbonyl (C=O) groups is 1. The number of sulfone groups is 1. The van der Waals surface area contributed by atoms with Crippen molar-refractivity contribution >= 4 is 38.0 Å². The van der Waals surface area contributed by atoms with E-state index in [0.29, 0.717) is 16.9 Å². The van der Waals surface area contributed by atoms with Crippen molar-refractivity contribution < 1.29 is 31.1 Å². The smallest absolute Gasteiger partial charge is 0.406 e. The van der Waals surface area contributed by atoms with Crippen molar-refractivity contribution in [1.29, 1.82) is 0 Å². The van der Waals surface area contributed by atoms with Crippen LogP contribution in [0.3, 0.4) is 0 Å². The van der Waals surface area contributed by atoms with Gasteiger partial charge in [-0.3, -0.25) is 4.79 Å². The van der Waals surface area contributed by atoms with Gasteiger partial charge in [0.1, 0.15) is 18.9 Å². The van der Waals surface area contributed by atoms with E-state index < -0.39 is 28.5 Å². The topological polar surface area (TPSA) is 101 Å². The van der Waals surface area contributed by atoms with Gasteiger partial charge in [-0.05, 0) is 75.0 Å². The SMILES string of the molecule is CN[C@H]1CC[C@H](Nc2cccc3c2cc(C#CCOc2ccc(S(C)(=O)=O)cc2NC(C)=O)n3CC(F)(F)F)CC1. The zero-order chi connectivity index (χ0) is 29.8. The number of nitrogens with one attached hydrogen (secondary N) is 3. The minimum absolute atomic E-state index is 0.00385. The van der Waals surface area contributed by atoms with Gasteiger partial charge in [-0.15, -0.1) is 0 Å². The highest BCUT2D eigenvalue weighted by Crippen LogP contribution is 2.32. The maximum Gasteiger partial charge on any atom is 0.406 e. The maximum absolute atomic E-state index is 13.6. The zero-order valence-corrected chi connectivity index (χ0v) is 23.9. The minimum Gasteiger partial charge on any atom is -0.479 e. The minimum atomic E-state index is -4.46. The van der Waals surface area contributed by atoms with Crippen molar-refractivity contribution in [2.45, 2.75) is 62.3 Å². The third kappa shape index (κ3) is 7.95. The lowest BCUT2D eigenvalue weighted by atomic mass is 9.91. The molecular formula is C29H33F3N4O4S. The van der Waals surface area contributed by atoms with Crippen LogP contribution in [0.5, 0.6) is 5.75 Å². The van der Waals surface area contributed by atoms with Gasteiger partial charge in [-0.25, -0.2) is 8.42 Å². The molecule has 2 aromatic carbocycles. The van der Waals surface area contributed by atoms with Gasteiger partial charge in [-0.1, -0.05) is 12.0 Å². The summed E-state index contributed by atoms with van der Waals surface area (Å²) in [5.41, 5.74) is 1.52. The summed E-state index contributed by atoms with van der Waals surface area (Å²) in [6.07, 6.45) is 0.554. The molecule has 4 rings (SSSR count). The second-order valence-electron chi connectivity index (χ2n) is 10.2. The number of nitrogens with zero attached hydrogens (tertiary/aromatic N) is 1. The molecular weight excluding hydrogens is 557 g/mol. The first-order chi connectivity index (χ1) is 19.3. The summed E-state index contributed by atoms with van der Waals surface area (Å²) in [5, 5.41) is 10.0. The third-order valence-electron chi connectivity index (χ3n) is 6.98. The second-order valence-corrected chi connectivity index (χ2v) is 12.2. The van der Waals surface area contributed by atoms with Crippen LogP contribution in [0.15, 0.2) is 47.4 Å².